The van der Waals surface area contributed by atoms with Gasteiger partial charge in [0.1, 0.15) is 18.1 Å². The summed E-state index contributed by atoms with van der Waals surface area (Å²) in [6, 6.07) is -1.13. The summed E-state index contributed by atoms with van der Waals surface area (Å²) >= 11 is 0. The van der Waals surface area contributed by atoms with Gasteiger partial charge in [0.05, 0.1) is 30.0 Å². The Morgan fingerprint density at radius 2 is 1.78 bits per heavy atom. The highest BCUT2D eigenvalue weighted by molar-refractivity contribution is 6.00. The standard InChI is InChI=1S/C36H63N3O10/c1-11-27-36(7)30(38-34(44)49-36)22(5)37-18-19(2)17-35(6,45-10)31(20(3)28(41)21(4)32(43)47-27)48-33-29(42)24(39(8)9)16-26(46-33)25(40)15-14-23-12-13-23/h19-27,29-31,33,37,40,42H,11-18H2,1-10H3,(H,38,44)/t19-,20+,21?,22-,24?,25?,26?,27-,29?,30-,31-,33?,35-,36-/m1/s1. The van der Waals surface area contributed by atoms with E-state index in [2.05, 4.69) is 17.6 Å². The number of likely N-dealkylation sites (N-methyl/N-ethyl adjacent to an activating group) is 1. The van der Waals surface area contributed by atoms with Crippen molar-refractivity contribution in [3.05, 3.63) is 0 Å². The molecule has 0 radical (unpaired) electrons. The molecular weight excluding hydrogens is 634 g/mol. The molecule has 13 heteroatoms. The molecule has 4 rings (SSSR count). The van der Waals surface area contributed by atoms with Crippen LogP contribution in [-0.4, -0.2) is 127 Å². The number of ketones is 1. The molecule has 1 saturated carbocycles. The number of hydrogen-bond acceptors (Lipinski definition) is 12. The van der Waals surface area contributed by atoms with Crippen LogP contribution in [-0.2, 0) is 33.3 Å². The first-order chi connectivity index (χ1) is 22.9. The Morgan fingerprint density at radius 1 is 1.10 bits per heavy atom. The first-order valence-corrected chi connectivity index (χ1v) is 18.3. The zero-order valence-electron chi connectivity index (χ0n) is 31.3. The molecule has 13 nitrogen and oxygen atoms in total. The molecule has 49 heavy (non-hydrogen) atoms. The lowest BCUT2D eigenvalue weighted by Gasteiger charge is -2.47. The third-order valence-corrected chi connectivity index (χ3v) is 11.7. The second-order valence-corrected chi connectivity index (χ2v) is 15.9. The van der Waals surface area contributed by atoms with E-state index in [4.69, 9.17) is 23.7 Å². The van der Waals surface area contributed by atoms with Gasteiger partial charge >= 0.3 is 12.1 Å². The molecule has 4 N–H and O–H groups in total. The van der Waals surface area contributed by atoms with Gasteiger partial charge in [-0.3, -0.25) is 9.59 Å². The summed E-state index contributed by atoms with van der Waals surface area (Å²) in [5, 5.41) is 29.2. The molecule has 4 aliphatic rings. The smallest absolute Gasteiger partial charge is 0.408 e. The molecular formula is C36H63N3O10. The lowest BCUT2D eigenvalue weighted by atomic mass is 9.78. The van der Waals surface area contributed by atoms with Crippen LogP contribution in [0.25, 0.3) is 0 Å². The van der Waals surface area contributed by atoms with Gasteiger partial charge in [0, 0.05) is 25.1 Å². The summed E-state index contributed by atoms with van der Waals surface area (Å²) < 4.78 is 31.0. The van der Waals surface area contributed by atoms with Crippen LogP contribution in [0.3, 0.4) is 0 Å². The number of aliphatic hydroxyl groups is 2. The number of carbonyl (C=O) groups is 3. The van der Waals surface area contributed by atoms with Crippen molar-refractivity contribution >= 4 is 17.8 Å². The number of amides is 1. The topological polar surface area (TPSA) is 165 Å². The quantitative estimate of drug-likeness (QED) is 0.206. The van der Waals surface area contributed by atoms with Crippen LogP contribution in [0.1, 0.15) is 93.4 Å². The van der Waals surface area contributed by atoms with E-state index in [1.807, 2.05) is 39.8 Å². The number of aliphatic hydroxyl groups excluding tert-OH is 2. The van der Waals surface area contributed by atoms with Crippen LogP contribution < -0.4 is 10.6 Å². The zero-order valence-corrected chi connectivity index (χ0v) is 31.3. The van der Waals surface area contributed by atoms with Gasteiger partial charge in [-0.15, -0.1) is 0 Å². The van der Waals surface area contributed by atoms with Crippen molar-refractivity contribution in [1.82, 2.24) is 15.5 Å². The summed E-state index contributed by atoms with van der Waals surface area (Å²) in [4.78, 5) is 42.3. The van der Waals surface area contributed by atoms with E-state index in [1.165, 1.54) is 19.8 Å². The van der Waals surface area contributed by atoms with Crippen molar-refractivity contribution in [3.63, 3.8) is 0 Å². The molecule has 6 unspecified atom stereocenters. The van der Waals surface area contributed by atoms with E-state index in [0.29, 0.717) is 38.1 Å². The summed E-state index contributed by atoms with van der Waals surface area (Å²) in [6.07, 6.45) is -0.767. The molecule has 0 aromatic rings. The number of ether oxygens (including phenoxy) is 5. The number of nitrogens with zero attached hydrogens (tertiary/aromatic N) is 1. The predicted molar refractivity (Wildman–Crippen MR) is 182 cm³/mol. The third-order valence-electron chi connectivity index (χ3n) is 11.7. The fraction of sp³-hybridized carbons (Fsp3) is 0.917. The van der Waals surface area contributed by atoms with Crippen LogP contribution in [0, 0.1) is 23.7 Å². The van der Waals surface area contributed by atoms with Crippen LogP contribution in [0.15, 0.2) is 0 Å². The number of carbonyl (C=O) groups excluding carboxylic acids is 3. The van der Waals surface area contributed by atoms with Crippen molar-refractivity contribution in [2.45, 2.75) is 160 Å². The lowest BCUT2D eigenvalue weighted by Crippen LogP contribution is -2.60. The Labute approximate surface area is 292 Å². The van der Waals surface area contributed by atoms with Crippen molar-refractivity contribution in [2.75, 3.05) is 27.7 Å². The zero-order chi connectivity index (χ0) is 36.4. The molecule has 14 atom stereocenters. The van der Waals surface area contributed by atoms with Gasteiger partial charge in [-0.1, -0.05) is 33.6 Å². The summed E-state index contributed by atoms with van der Waals surface area (Å²) in [6.45, 7) is 13.2. The minimum atomic E-state index is -1.18. The highest BCUT2D eigenvalue weighted by Crippen LogP contribution is 2.39. The number of hydrogen-bond donors (Lipinski definition) is 4. The fourth-order valence-corrected chi connectivity index (χ4v) is 8.22. The van der Waals surface area contributed by atoms with Gasteiger partial charge in [-0.25, -0.2) is 4.79 Å². The van der Waals surface area contributed by atoms with Crippen LogP contribution >= 0.6 is 0 Å². The molecule has 1 aliphatic carbocycles. The average Bonchev–Trinajstić information content (AvgIpc) is 3.84. The van der Waals surface area contributed by atoms with E-state index >= 15 is 0 Å². The molecule has 4 fully saturated rings. The number of Topliss-reactive ketones (excluding diaryl/α,β-unsaturated/α-hetero) is 1. The Kier molecular flexibility index (Phi) is 13.2. The number of fused-ring (bicyclic) bond motifs is 1. The highest BCUT2D eigenvalue weighted by Gasteiger charge is 2.55. The lowest BCUT2D eigenvalue weighted by molar-refractivity contribution is -0.307. The van der Waals surface area contributed by atoms with Crippen LogP contribution in [0.4, 0.5) is 4.79 Å². The molecule has 1 amide bonds. The van der Waals surface area contributed by atoms with E-state index in [9.17, 15) is 24.6 Å². The Morgan fingerprint density at radius 3 is 2.37 bits per heavy atom. The monoisotopic (exact) mass is 697 g/mol. The van der Waals surface area contributed by atoms with Gasteiger partial charge in [0.25, 0.3) is 0 Å². The fourth-order valence-electron chi connectivity index (χ4n) is 8.22. The molecule has 0 spiro atoms. The molecule has 0 bridgehead atoms. The first kappa shape index (κ1) is 39.9. The van der Waals surface area contributed by atoms with Crippen molar-refractivity contribution in [3.8, 4) is 0 Å². The number of cyclic esters (lactones) is 1. The average molecular weight is 698 g/mol. The number of rotatable bonds is 9. The molecule has 3 aliphatic heterocycles. The van der Waals surface area contributed by atoms with E-state index in [1.54, 1.807) is 21.0 Å². The maximum Gasteiger partial charge on any atom is 0.408 e. The molecule has 0 aromatic carbocycles. The largest absolute Gasteiger partial charge is 0.458 e. The Balaban J connectivity index is 1.67. The van der Waals surface area contributed by atoms with Crippen LogP contribution in [0.2, 0.25) is 0 Å². The van der Waals surface area contributed by atoms with E-state index in [-0.39, 0.29) is 18.0 Å². The first-order valence-electron chi connectivity index (χ1n) is 18.3. The maximum absolute atomic E-state index is 14.2. The molecule has 282 valence electrons. The van der Waals surface area contributed by atoms with Gasteiger partial charge in [0.2, 0.25) is 0 Å². The number of esters is 1. The molecule has 3 saturated heterocycles. The van der Waals surface area contributed by atoms with Gasteiger partial charge < -0.3 is 49.4 Å². The SMILES string of the molecule is CC[C@H]1OC(=O)C(C)C(=O)[C@H](C)[C@@H](OC2OC(C(O)CCC3CC3)CC(N(C)C)C2O)[C@](C)(OC)C[C@@H](C)CN[C@H](C)[C@H]2NC(=O)O[C@@]21C. The molecule has 0 aromatic heterocycles. The predicted octanol–water partition coefficient (Wildman–Crippen LogP) is 2.78. The van der Waals surface area contributed by atoms with Gasteiger partial charge in [0.15, 0.2) is 17.7 Å². The van der Waals surface area contributed by atoms with Gasteiger partial charge in [-0.2, -0.15) is 0 Å². The Hall–Kier alpha value is -1.87. The maximum atomic E-state index is 14.2. The minimum absolute atomic E-state index is 0.00352. The number of methoxy groups -OCH3 is 1. The minimum Gasteiger partial charge on any atom is -0.458 e. The third kappa shape index (κ3) is 8.96. The van der Waals surface area contributed by atoms with Crippen molar-refractivity contribution in [2.24, 2.45) is 23.7 Å². The van der Waals surface area contributed by atoms with E-state index < -0.39 is 83.7 Å². The second kappa shape index (κ2) is 16.2. The van der Waals surface area contributed by atoms with Crippen LogP contribution in [0.5, 0.6) is 0 Å². The highest BCUT2D eigenvalue weighted by atomic mass is 16.7. The normalized spacial score (nSPS) is 43.5. The second-order valence-electron chi connectivity index (χ2n) is 15.9. The van der Waals surface area contributed by atoms with Crippen molar-refractivity contribution in [1.29, 1.82) is 0 Å². The summed E-state index contributed by atoms with van der Waals surface area (Å²) in [5.74, 6) is -2.56. The van der Waals surface area contributed by atoms with Gasteiger partial charge in [-0.05, 0) is 92.3 Å². The Bertz CT molecular complexity index is 1150. The summed E-state index contributed by atoms with van der Waals surface area (Å²) in [7, 11) is 5.31. The number of nitrogens with one attached hydrogen (secondary N) is 2. The van der Waals surface area contributed by atoms with Crippen molar-refractivity contribution < 1.29 is 48.3 Å². The molecule has 3 heterocycles. The number of alkyl carbamates (subject to hydrolysis) is 1. The van der Waals surface area contributed by atoms with E-state index in [0.717, 1.165) is 6.42 Å². The summed E-state index contributed by atoms with van der Waals surface area (Å²) in [5.41, 5.74) is -2.24.